The third kappa shape index (κ3) is 0.690. The maximum atomic E-state index is 4.02. The van der Waals surface area contributed by atoms with E-state index in [1.54, 1.807) is 0 Å². The normalized spacial score (nSPS) is 20.2. The van der Waals surface area contributed by atoms with Crippen LogP contribution in [0.15, 0.2) is 12.2 Å². The molecule has 1 rings (SSSR count). The van der Waals surface area contributed by atoms with Crippen molar-refractivity contribution in [3.63, 3.8) is 0 Å². The predicted molar refractivity (Wildman–Crippen MR) is 26.5 cm³/mol. The van der Waals surface area contributed by atoms with E-state index < -0.39 is 0 Å². The van der Waals surface area contributed by atoms with Gasteiger partial charge in [-0.25, -0.2) is 0 Å². The van der Waals surface area contributed by atoms with E-state index in [1.165, 1.54) is 0 Å². The summed E-state index contributed by atoms with van der Waals surface area (Å²) in [4.78, 5) is 0. The topological polar surface area (TPSA) is 0 Å². The minimum atomic E-state index is 0.748. The smallest absolute Gasteiger partial charge is 0.00352 e. The third-order valence-electron chi connectivity index (χ3n) is 0.675. The first kappa shape index (κ1) is 3.29. The quantitative estimate of drug-likeness (QED) is 0.358. The Morgan fingerprint density at radius 3 is 2.20 bits per heavy atom. The zero-order valence-corrected chi connectivity index (χ0v) is 3.78. The van der Waals surface area contributed by atoms with Crippen molar-refractivity contribution in [2.24, 2.45) is 5.92 Å². The van der Waals surface area contributed by atoms with Crippen LogP contribution in [-0.2, 0) is 0 Å². The number of allylic oxidation sites excluding steroid dienone is 2. The molecule has 0 aliphatic heterocycles. The molecule has 0 aromatic carbocycles. The molecule has 0 heterocycles. The summed E-state index contributed by atoms with van der Waals surface area (Å²) in [6, 6.07) is 0. The van der Waals surface area contributed by atoms with Crippen LogP contribution in [0.2, 0.25) is 0 Å². The molecular formula is C4H6S. The molecule has 0 aromatic rings. The van der Waals surface area contributed by atoms with E-state index in [1.807, 2.05) is 0 Å². The second kappa shape index (κ2) is 1.05. The monoisotopic (exact) mass is 86.0 g/mol. The summed E-state index contributed by atoms with van der Waals surface area (Å²) >= 11 is 4.02. The molecule has 0 bridgehead atoms. The van der Waals surface area contributed by atoms with Gasteiger partial charge in [-0.3, -0.25) is 0 Å². The molecule has 5 heavy (non-hydrogen) atoms. The van der Waals surface area contributed by atoms with E-state index in [0.29, 0.717) is 0 Å². The lowest BCUT2D eigenvalue weighted by molar-refractivity contribution is 1.12. The lowest BCUT2D eigenvalue weighted by Crippen LogP contribution is -1.71. The molecule has 0 N–H and O–H groups in total. The Hall–Kier alpha value is 0.0900. The summed E-state index contributed by atoms with van der Waals surface area (Å²) in [5, 5.41) is 0. The van der Waals surface area contributed by atoms with Crippen molar-refractivity contribution in [1.82, 2.24) is 0 Å². The molecule has 0 amide bonds. The fourth-order valence-corrected chi connectivity index (χ4v) is 0.444. The maximum absolute atomic E-state index is 4.02. The van der Waals surface area contributed by atoms with Crippen LogP contribution in [0, 0.1) is 5.92 Å². The molecule has 0 aromatic heterocycles. The van der Waals surface area contributed by atoms with Crippen molar-refractivity contribution in [2.75, 3.05) is 5.75 Å². The largest absolute Gasteiger partial charge is 0.178 e. The fraction of sp³-hybridized carbons (Fsp3) is 0.500. The van der Waals surface area contributed by atoms with E-state index in [9.17, 15) is 0 Å². The highest BCUT2D eigenvalue weighted by molar-refractivity contribution is 7.80. The average Bonchev–Trinajstić information content (AvgIpc) is 2.12. The second-order valence-electron chi connectivity index (χ2n) is 1.23. The highest BCUT2D eigenvalue weighted by Crippen LogP contribution is 2.15. The van der Waals surface area contributed by atoms with Crippen molar-refractivity contribution in [2.45, 2.75) is 0 Å². The Morgan fingerprint density at radius 1 is 1.60 bits per heavy atom. The van der Waals surface area contributed by atoms with Crippen LogP contribution >= 0.6 is 12.6 Å². The summed E-state index contributed by atoms with van der Waals surface area (Å²) in [6.45, 7) is 0. The summed E-state index contributed by atoms with van der Waals surface area (Å²) in [7, 11) is 0. The molecule has 0 atom stereocenters. The molecule has 0 saturated carbocycles. The van der Waals surface area contributed by atoms with Gasteiger partial charge in [-0.2, -0.15) is 12.6 Å². The van der Waals surface area contributed by atoms with Crippen LogP contribution < -0.4 is 0 Å². The Morgan fingerprint density at radius 2 is 2.20 bits per heavy atom. The van der Waals surface area contributed by atoms with E-state index in [-0.39, 0.29) is 0 Å². The Labute approximate surface area is 37.3 Å². The molecule has 0 fully saturated rings. The average molecular weight is 86.2 g/mol. The molecule has 0 radical (unpaired) electrons. The van der Waals surface area contributed by atoms with Crippen molar-refractivity contribution < 1.29 is 0 Å². The summed E-state index contributed by atoms with van der Waals surface area (Å²) in [5.41, 5.74) is 0. The van der Waals surface area contributed by atoms with Gasteiger partial charge in [-0.1, -0.05) is 12.2 Å². The predicted octanol–water partition coefficient (Wildman–Crippen LogP) is 1.10. The SMILES string of the molecule is SCC1C=C1. The first-order chi connectivity index (χ1) is 2.43. The molecule has 0 nitrogen and oxygen atoms in total. The minimum Gasteiger partial charge on any atom is -0.178 e. The molecular weight excluding hydrogens is 80.1 g/mol. The van der Waals surface area contributed by atoms with Crippen molar-refractivity contribution >= 4 is 12.6 Å². The Balaban J connectivity index is 2.06. The summed E-state index contributed by atoms with van der Waals surface area (Å²) < 4.78 is 0. The van der Waals surface area contributed by atoms with E-state index in [0.717, 1.165) is 11.7 Å². The van der Waals surface area contributed by atoms with Crippen molar-refractivity contribution in [1.29, 1.82) is 0 Å². The number of thiol groups is 1. The van der Waals surface area contributed by atoms with Crippen LogP contribution in [0.5, 0.6) is 0 Å². The van der Waals surface area contributed by atoms with Crippen LogP contribution in [0.25, 0.3) is 0 Å². The van der Waals surface area contributed by atoms with E-state index >= 15 is 0 Å². The highest BCUT2D eigenvalue weighted by atomic mass is 32.1. The van der Waals surface area contributed by atoms with Gasteiger partial charge >= 0.3 is 0 Å². The first-order valence-corrected chi connectivity index (χ1v) is 2.36. The van der Waals surface area contributed by atoms with E-state index in [4.69, 9.17) is 0 Å². The Bertz CT molecular complexity index is 50.7. The molecule has 1 heteroatoms. The van der Waals surface area contributed by atoms with Gasteiger partial charge in [0.1, 0.15) is 0 Å². The number of hydrogen-bond acceptors (Lipinski definition) is 1. The Kier molecular flexibility index (Phi) is 0.692. The van der Waals surface area contributed by atoms with Gasteiger partial charge in [0.2, 0.25) is 0 Å². The lowest BCUT2D eigenvalue weighted by atomic mass is 10.5. The number of hydrogen-bond donors (Lipinski definition) is 1. The second-order valence-corrected chi connectivity index (χ2v) is 1.60. The zero-order chi connectivity index (χ0) is 3.70. The highest BCUT2D eigenvalue weighted by Gasteiger charge is 2.04. The first-order valence-electron chi connectivity index (χ1n) is 1.72. The summed E-state index contributed by atoms with van der Waals surface area (Å²) in [6.07, 6.45) is 4.29. The molecule has 1 aliphatic rings. The van der Waals surface area contributed by atoms with Gasteiger partial charge in [0, 0.05) is 11.7 Å². The van der Waals surface area contributed by atoms with Crippen LogP contribution in [-0.4, -0.2) is 5.75 Å². The molecule has 0 saturated heterocycles. The molecule has 1 aliphatic carbocycles. The van der Waals surface area contributed by atoms with Gasteiger partial charge in [0.15, 0.2) is 0 Å². The van der Waals surface area contributed by atoms with Crippen LogP contribution in [0.3, 0.4) is 0 Å². The fourth-order valence-electron chi connectivity index (χ4n) is 0.200. The van der Waals surface area contributed by atoms with Crippen molar-refractivity contribution in [3.8, 4) is 0 Å². The molecule has 0 spiro atoms. The van der Waals surface area contributed by atoms with Gasteiger partial charge in [-0.05, 0) is 0 Å². The molecule has 0 unspecified atom stereocenters. The summed E-state index contributed by atoms with van der Waals surface area (Å²) in [5.74, 6) is 1.75. The van der Waals surface area contributed by atoms with Gasteiger partial charge in [0.25, 0.3) is 0 Å². The van der Waals surface area contributed by atoms with Crippen LogP contribution in [0.4, 0.5) is 0 Å². The third-order valence-corrected chi connectivity index (χ3v) is 1.10. The molecule has 28 valence electrons. The standard InChI is InChI=1S/C4H6S/c5-3-4-1-2-4/h1-2,4-5H,3H2. The van der Waals surface area contributed by atoms with Crippen LogP contribution in [0.1, 0.15) is 0 Å². The minimum absolute atomic E-state index is 0.748. The van der Waals surface area contributed by atoms with Gasteiger partial charge < -0.3 is 0 Å². The van der Waals surface area contributed by atoms with E-state index in [2.05, 4.69) is 24.8 Å². The zero-order valence-electron chi connectivity index (χ0n) is 2.89. The number of rotatable bonds is 1. The van der Waals surface area contributed by atoms with Gasteiger partial charge in [0.05, 0.1) is 0 Å². The van der Waals surface area contributed by atoms with Gasteiger partial charge in [-0.15, -0.1) is 0 Å². The maximum Gasteiger partial charge on any atom is 0.00352 e. The van der Waals surface area contributed by atoms with Crippen molar-refractivity contribution in [3.05, 3.63) is 12.2 Å². The lowest BCUT2D eigenvalue weighted by Gasteiger charge is -1.74.